The summed E-state index contributed by atoms with van der Waals surface area (Å²) in [6.45, 7) is 8.33. The molecule has 1 aliphatic rings. The van der Waals surface area contributed by atoms with Crippen molar-refractivity contribution in [3.05, 3.63) is 35.9 Å². The minimum absolute atomic E-state index is 0.182. The molecule has 21 heavy (non-hydrogen) atoms. The van der Waals surface area contributed by atoms with Crippen LogP contribution in [0.25, 0.3) is 0 Å². The molecular weight excluding hydrogens is 266 g/mol. The lowest BCUT2D eigenvalue weighted by Gasteiger charge is -2.52. The highest BCUT2D eigenvalue weighted by molar-refractivity contribution is 5.89. The van der Waals surface area contributed by atoms with Gasteiger partial charge in [-0.1, -0.05) is 18.2 Å². The quantitative estimate of drug-likeness (QED) is 0.855. The molecule has 0 unspecified atom stereocenters. The van der Waals surface area contributed by atoms with Gasteiger partial charge < -0.3 is 9.57 Å². The Balaban J connectivity index is 2.19. The number of hydrogen-bond acceptors (Lipinski definition) is 4. The number of carbonyl (C=O) groups excluding carboxylic acids is 1. The largest absolute Gasteiger partial charge is 0.381 e. The number of hydrogen-bond donors (Lipinski definition) is 0. The van der Waals surface area contributed by atoms with E-state index in [0.717, 1.165) is 12.8 Å². The molecule has 1 heterocycles. The molecule has 1 aromatic carbocycles. The summed E-state index contributed by atoms with van der Waals surface area (Å²) in [4.78, 5) is 18.1. The van der Waals surface area contributed by atoms with Gasteiger partial charge in [-0.25, -0.2) is 4.79 Å². The molecular formula is C17H25NO3. The number of benzene rings is 1. The number of ether oxygens (including phenoxy) is 1. The average Bonchev–Trinajstić information content (AvgIpc) is 2.42. The van der Waals surface area contributed by atoms with Gasteiger partial charge in [-0.2, -0.15) is 0 Å². The maximum absolute atomic E-state index is 12.3. The third-order valence-corrected chi connectivity index (χ3v) is 4.07. The summed E-state index contributed by atoms with van der Waals surface area (Å²) in [7, 11) is 1.74. The minimum Gasteiger partial charge on any atom is -0.381 e. The zero-order valence-corrected chi connectivity index (χ0v) is 13.6. The molecule has 0 N–H and O–H groups in total. The van der Waals surface area contributed by atoms with Crippen molar-refractivity contribution in [1.29, 1.82) is 0 Å². The predicted molar refractivity (Wildman–Crippen MR) is 81.9 cm³/mol. The maximum Gasteiger partial charge on any atom is 0.357 e. The molecule has 2 rings (SSSR count). The van der Waals surface area contributed by atoms with E-state index in [1.54, 1.807) is 19.2 Å². The van der Waals surface area contributed by atoms with Gasteiger partial charge in [0, 0.05) is 7.11 Å². The Bertz CT molecular complexity index is 478. The van der Waals surface area contributed by atoms with Crippen LogP contribution in [0.3, 0.4) is 0 Å². The second-order valence-electron chi connectivity index (χ2n) is 6.93. The summed E-state index contributed by atoms with van der Waals surface area (Å²) in [6, 6.07) is 9.09. The number of piperidine rings is 1. The zero-order valence-electron chi connectivity index (χ0n) is 13.6. The molecule has 0 bridgehead atoms. The van der Waals surface area contributed by atoms with Crippen molar-refractivity contribution in [1.82, 2.24) is 5.06 Å². The van der Waals surface area contributed by atoms with Crippen LogP contribution in [-0.2, 0) is 9.57 Å². The van der Waals surface area contributed by atoms with Crippen LogP contribution in [0.5, 0.6) is 0 Å². The van der Waals surface area contributed by atoms with E-state index in [1.807, 2.05) is 23.3 Å². The third kappa shape index (κ3) is 3.44. The van der Waals surface area contributed by atoms with Crippen LogP contribution in [0.1, 0.15) is 50.9 Å². The fourth-order valence-corrected chi connectivity index (χ4v) is 3.30. The molecule has 0 spiro atoms. The number of methoxy groups -OCH3 is 1. The smallest absolute Gasteiger partial charge is 0.357 e. The fraction of sp³-hybridized carbons (Fsp3) is 0.588. The number of hydroxylamine groups is 2. The van der Waals surface area contributed by atoms with E-state index in [0.29, 0.717) is 5.56 Å². The summed E-state index contributed by atoms with van der Waals surface area (Å²) in [5.74, 6) is -0.312. The van der Waals surface area contributed by atoms with Gasteiger partial charge in [0.25, 0.3) is 0 Å². The first-order valence-corrected chi connectivity index (χ1v) is 7.37. The van der Waals surface area contributed by atoms with E-state index < -0.39 is 0 Å². The molecule has 0 amide bonds. The van der Waals surface area contributed by atoms with E-state index >= 15 is 0 Å². The normalized spacial score (nSPS) is 22.0. The van der Waals surface area contributed by atoms with E-state index in [1.165, 1.54) is 0 Å². The Kier molecular flexibility index (Phi) is 4.40. The molecule has 1 fully saturated rings. The number of carbonyl (C=O) groups is 1. The van der Waals surface area contributed by atoms with Gasteiger partial charge in [-0.05, 0) is 52.7 Å². The lowest BCUT2D eigenvalue weighted by atomic mass is 9.80. The first kappa shape index (κ1) is 16.0. The SMILES string of the molecule is COC1CC(C)(C)N(OC(=O)c2ccccc2)C(C)(C)C1. The Morgan fingerprint density at radius 1 is 1.10 bits per heavy atom. The highest BCUT2D eigenvalue weighted by Crippen LogP contribution is 2.39. The van der Waals surface area contributed by atoms with Gasteiger partial charge in [0.2, 0.25) is 0 Å². The topological polar surface area (TPSA) is 38.8 Å². The van der Waals surface area contributed by atoms with Crippen LogP contribution in [0.2, 0.25) is 0 Å². The van der Waals surface area contributed by atoms with Crippen molar-refractivity contribution >= 4 is 5.97 Å². The zero-order chi connectivity index (χ0) is 15.7. The highest BCUT2D eigenvalue weighted by atomic mass is 16.7. The third-order valence-electron chi connectivity index (χ3n) is 4.07. The summed E-state index contributed by atoms with van der Waals surface area (Å²) < 4.78 is 5.53. The monoisotopic (exact) mass is 291 g/mol. The highest BCUT2D eigenvalue weighted by Gasteiger charge is 2.48. The van der Waals surface area contributed by atoms with Crippen LogP contribution in [0.15, 0.2) is 30.3 Å². The summed E-state index contributed by atoms with van der Waals surface area (Å²) in [6.07, 6.45) is 1.84. The van der Waals surface area contributed by atoms with Crippen LogP contribution < -0.4 is 0 Å². The van der Waals surface area contributed by atoms with Crippen molar-refractivity contribution in [2.24, 2.45) is 0 Å². The maximum atomic E-state index is 12.3. The summed E-state index contributed by atoms with van der Waals surface area (Å²) in [5, 5.41) is 1.84. The molecule has 4 heteroatoms. The fourth-order valence-electron chi connectivity index (χ4n) is 3.30. The van der Waals surface area contributed by atoms with Gasteiger partial charge in [-0.3, -0.25) is 0 Å². The molecule has 4 nitrogen and oxygen atoms in total. The van der Waals surface area contributed by atoms with E-state index in [2.05, 4.69) is 27.7 Å². The lowest BCUT2D eigenvalue weighted by Crippen LogP contribution is -2.62. The van der Waals surface area contributed by atoms with E-state index in [-0.39, 0.29) is 23.2 Å². The molecule has 0 aliphatic carbocycles. The average molecular weight is 291 g/mol. The molecule has 1 aromatic rings. The lowest BCUT2D eigenvalue weighted by molar-refractivity contribution is -0.257. The van der Waals surface area contributed by atoms with Crippen LogP contribution in [0.4, 0.5) is 0 Å². The molecule has 1 saturated heterocycles. The van der Waals surface area contributed by atoms with Crippen molar-refractivity contribution in [3.63, 3.8) is 0 Å². The van der Waals surface area contributed by atoms with Crippen molar-refractivity contribution in [3.8, 4) is 0 Å². The Morgan fingerprint density at radius 3 is 2.10 bits per heavy atom. The Labute approximate surface area is 127 Å². The molecule has 0 radical (unpaired) electrons. The van der Waals surface area contributed by atoms with E-state index in [4.69, 9.17) is 9.57 Å². The van der Waals surface area contributed by atoms with Gasteiger partial charge in [0.05, 0.1) is 22.7 Å². The van der Waals surface area contributed by atoms with Gasteiger partial charge in [0.15, 0.2) is 0 Å². The standard InChI is InChI=1S/C17H25NO3/c1-16(2)11-14(20-5)12-17(3,4)18(16)21-15(19)13-9-7-6-8-10-13/h6-10,14H,11-12H2,1-5H3. The van der Waals surface area contributed by atoms with Crippen LogP contribution >= 0.6 is 0 Å². The van der Waals surface area contributed by atoms with Crippen molar-refractivity contribution < 1.29 is 14.4 Å². The molecule has 0 atom stereocenters. The van der Waals surface area contributed by atoms with Crippen molar-refractivity contribution in [2.75, 3.05) is 7.11 Å². The second-order valence-corrected chi connectivity index (χ2v) is 6.93. The summed E-state index contributed by atoms with van der Waals surface area (Å²) >= 11 is 0. The van der Waals surface area contributed by atoms with Gasteiger partial charge in [-0.15, -0.1) is 5.06 Å². The molecule has 116 valence electrons. The van der Waals surface area contributed by atoms with Gasteiger partial charge >= 0.3 is 5.97 Å². The first-order valence-electron chi connectivity index (χ1n) is 7.37. The molecule has 0 aromatic heterocycles. The predicted octanol–water partition coefficient (Wildman–Crippen LogP) is 3.43. The summed E-state index contributed by atoms with van der Waals surface area (Å²) in [5.41, 5.74) is 0.0256. The Hall–Kier alpha value is -1.39. The number of rotatable bonds is 3. The van der Waals surface area contributed by atoms with Gasteiger partial charge in [0.1, 0.15) is 0 Å². The van der Waals surface area contributed by atoms with Crippen LogP contribution in [0, 0.1) is 0 Å². The molecule has 1 aliphatic heterocycles. The molecule has 0 saturated carbocycles. The number of nitrogens with zero attached hydrogens (tertiary/aromatic N) is 1. The van der Waals surface area contributed by atoms with Crippen molar-refractivity contribution in [2.45, 2.75) is 57.7 Å². The minimum atomic E-state index is -0.312. The van der Waals surface area contributed by atoms with Crippen LogP contribution in [-0.4, -0.2) is 35.3 Å². The van der Waals surface area contributed by atoms with E-state index in [9.17, 15) is 4.79 Å². The first-order chi connectivity index (χ1) is 9.76. The Morgan fingerprint density at radius 2 is 1.62 bits per heavy atom. The second kappa shape index (κ2) is 5.78.